The van der Waals surface area contributed by atoms with Gasteiger partial charge in [-0.25, -0.2) is 9.59 Å². The Labute approximate surface area is 168 Å². The second-order valence-corrected chi connectivity index (χ2v) is 6.83. The molecule has 0 saturated heterocycles. The van der Waals surface area contributed by atoms with Gasteiger partial charge in [0, 0.05) is 6.54 Å². The van der Waals surface area contributed by atoms with E-state index in [1.165, 1.54) is 18.2 Å². The molecule has 1 aromatic rings. The summed E-state index contributed by atoms with van der Waals surface area (Å²) in [6, 6.07) is 4.36. The molecule has 9 nitrogen and oxygen atoms in total. The van der Waals surface area contributed by atoms with Crippen molar-refractivity contribution in [2.75, 3.05) is 13.2 Å². The molecule has 5 amide bonds. The lowest BCUT2D eigenvalue weighted by Crippen LogP contribution is -2.47. The Morgan fingerprint density at radius 3 is 2.24 bits per heavy atom. The Morgan fingerprint density at radius 1 is 1.14 bits per heavy atom. The van der Waals surface area contributed by atoms with Crippen molar-refractivity contribution in [3.8, 4) is 0 Å². The van der Waals surface area contributed by atoms with Crippen LogP contribution in [0.3, 0.4) is 0 Å². The van der Waals surface area contributed by atoms with E-state index >= 15 is 0 Å². The standard InChI is InChI=1S/C20H23N3O6/c1-4-9-21-20(28)22-16(24)11-29-19(27)15(10-12(2)3)23-17(25)13-7-5-6-8-14(13)18(23)26/h4-8,12,15H,1,9-11H2,2-3H3,(H2,21,22,24,28). The molecule has 9 heteroatoms. The zero-order valence-corrected chi connectivity index (χ0v) is 16.3. The first kappa shape index (κ1) is 21.8. The molecule has 29 heavy (non-hydrogen) atoms. The Bertz CT molecular complexity index is 813. The third-order valence-corrected chi connectivity index (χ3v) is 4.11. The Morgan fingerprint density at radius 2 is 1.72 bits per heavy atom. The van der Waals surface area contributed by atoms with Crippen molar-refractivity contribution in [3.63, 3.8) is 0 Å². The molecule has 154 valence electrons. The normalized spacial score (nSPS) is 13.7. The van der Waals surface area contributed by atoms with Crippen molar-refractivity contribution in [1.82, 2.24) is 15.5 Å². The lowest BCUT2D eigenvalue weighted by Gasteiger charge is -2.25. The van der Waals surface area contributed by atoms with Crippen molar-refractivity contribution in [1.29, 1.82) is 0 Å². The lowest BCUT2D eigenvalue weighted by molar-refractivity contribution is -0.152. The van der Waals surface area contributed by atoms with Crippen LogP contribution in [0.1, 0.15) is 41.0 Å². The zero-order valence-electron chi connectivity index (χ0n) is 16.3. The third-order valence-electron chi connectivity index (χ3n) is 4.11. The number of rotatable bonds is 8. The van der Waals surface area contributed by atoms with Gasteiger partial charge in [0.2, 0.25) is 0 Å². The van der Waals surface area contributed by atoms with Gasteiger partial charge in [-0.15, -0.1) is 6.58 Å². The fourth-order valence-electron chi connectivity index (χ4n) is 2.85. The summed E-state index contributed by atoms with van der Waals surface area (Å²) in [5.74, 6) is -2.93. The highest BCUT2D eigenvalue weighted by Crippen LogP contribution is 2.27. The number of nitrogens with zero attached hydrogens (tertiary/aromatic N) is 1. The number of carbonyl (C=O) groups is 5. The number of hydrogen-bond acceptors (Lipinski definition) is 6. The Hall–Kier alpha value is -3.49. The largest absolute Gasteiger partial charge is 0.454 e. The number of ether oxygens (including phenoxy) is 1. The lowest BCUT2D eigenvalue weighted by atomic mass is 10.0. The summed E-state index contributed by atoms with van der Waals surface area (Å²) < 4.78 is 4.98. The van der Waals surface area contributed by atoms with E-state index in [1.807, 2.05) is 19.2 Å². The molecule has 1 aliphatic rings. The predicted molar refractivity (Wildman–Crippen MR) is 103 cm³/mol. The van der Waals surface area contributed by atoms with E-state index in [9.17, 15) is 24.0 Å². The minimum absolute atomic E-state index is 0.0321. The summed E-state index contributed by atoms with van der Waals surface area (Å²) in [6.07, 6.45) is 1.61. The number of fused-ring (bicyclic) bond motifs is 1. The van der Waals surface area contributed by atoms with Crippen LogP contribution < -0.4 is 10.6 Å². The molecule has 1 aromatic carbocycles. The van der Waals surface area contributed by atoms with Crippen molar-refractivity contribution in [2.45, 2.75) is 26.3 Å². The molecule has 1 aliphatic heterocycles. The number of imide groups is 2. The van der Waals surface area contributed by atoms with E-state index in [4.69, 9.17) is 4.74 Å². The SMILES string of the molecule is C=CCNC(=O)NC(=O)COC(=O)C(CC(C)C)N1C(=O)c2ccccc2C1=O. The minimum atomic E-state index is -1.18. The van der Waals surface area contributed by atoms with Crippen LogP contribution in [0.25, 0.3) is 0 Å². The quantitative estimate of drug-likeness (QED) is 0.384. The molecule has 0 radical (unpaired) electrons. The molecule has 0 fully saturated rings. The maximum absolute atomic E-state index is 12.7. The van der Waals surface area contributed by atoms with E-state index in [0.29, 0.717) is 0 Å². The monoisotopic (exact) mass is 401 g/mol. The van der Waals surface area contributed by atoms with Crippen LogP contribution in [0.15, 0.2) is 36.9 Å². The van der Waals surface area contributed by atoms with E-state index < -0.39 is 42.4 Å². The first-order valence-corrected chi connectivity index (χ1v) is 9.08. The van der Waals surface area contributed by atoms with Gasteiger partial charge in [-0.2, -0.15) is 0 Å². The number of amides is 5. The van der Waals surface area contributed by atoms with Gasteiger partial charge in [0.1, 0.15) is 6.04 Å². The average Bonchev–Trinajstić information content (AvgIpc) is 2.93. The summed E-state index contributed by atoms with van der Waals surface area (Å²) in [5, 5.41) is 4.33. The smallest absolute Gasteiger partial charge is 0.329 e. The first-order valence-electron chi connectivity index (χ1n) is 9.08. The molecule has 0 aliphatic carbocycles. The van der Waals surface area contributed by atoms with E-state index in [-0.39, 0.29) is 30.0 Å². The van der Waals surface area contributed by atoms with E-state index in [2.05, 4.69) is 11.9 Å². The van der Waals surface area contributed by atoms with Gasteiger partial charge in [-0.1, -0.05) is 32.1 Å². The summed E-state index contributed by atoms with van der Waals surface area (Å²) in [6.45, 7) is 6.52. The number of carbonyl (C=O) groups excluding carboxylic acids is 5. The van der Waals surface area contributed by atoms with Crippen molar-refractivity contribution < 1.29 is 28.7 Å². The minimum Gasteiger partial charge on any atom is -0.454 e. The highest BCUT2D eigenvalue weighted by atomic mass is 16.5. The first-order chi connectivity index (χ1) is 13.8. The summed E-state index contributed by atoms with van der Waals surface area (Å²) in [5.41, 5.74) is 0.436. The van der Waals surface area contributed by atoms with Gasteiger partial charge in [0.15, 0.2) is 6.61 Å². The Kier molecular flexibility index (Phi) is 7.24. The molecule has 0 spiro atoms. The van der Waals surface area contributed by atoms with Crippen molar-refractivity contribution >= 4 is 29.7 Å². The summed E-state index contributed by atoms with van der Waals surface area (Å²) >= 11 is 0. The number of esters is 1. The van der Waals surface area contributed by atoms with Gasteiger partial charge in [-0.05, 0) is 24.5 Å². The van der Waals surface area contributed by atoms with Gasteiger partial charge < -0.3 is 10.1 Å². The van der Waals surface area contributed by atoms with Gasteiger partial charge in [0.05, 0.1) is 11.1 Å². The van der Waals surface area contributed by atoms with Gasteiger partial charge in [-0.3, -0.25) is 24.6 Å². The predicted octanol–water partition coefficient (Wildman–Crippen LogP) is 1.25. The molecular formula is C20H23N3O6. The summed E-state index contributed by atoms with van der Waals surface area (Å²) in [4.78, 5) is 62.0. The molecule has 1 unspecified atom stereocenters. The van der Waals surface area contributed by atoms with Crippen LogP contribution in [0.5, 0.6) is 0 Å². The molecule has 0 bridgehead atoms. The van der Waals surface area contributed by atoms with E-state index in [1.54, 1.807) is 12.1 Å². The molecule has 1 atom stereocenters. The second-order valence-electron chi connectivity index (χ2n) is 6.83. The van der Waals surface area contributed by atoms with Crippen LogP contribution in [-0.2, 0) is 14.3 Å². The topological polar surface area (TPSA) is 122 Å². The highest BCUT2D eigenvalue weighted by Gasteiger charge is 2.43. The zero-order chi connectivity index (χ0) is 21.6. The number of nitrogens with one attached hydrogen (secondary N) is 2. The number of benzene rings is 1. The molecule has 1 heterocycles. The number of hydrogen-bond donors (Lipinski definition) is 2. The van der Waals surface area contributed by atoms with Gasteiger partial charge >= 0.3 is 12.0 Å². The van der Waals surface area contributed by atoms with Gasteiger partial charge in [0.25, 0.3) is 17.7 Å². The Balaban J connectivity index is 2.07. The van der Waals surface area contributed by atoms with Crippen molar-refractivity contribution in [2.24, 2.45) is 5.92 Å². The van der Waals surface area contributed by atoms with Crippen LogP contribution in [0.2, 0.25) is 0 Å². The van der Waals surface area contributed by atoms with Crippen LogP contribution in [0, 0.1) is 5.92 Å². The van der Waals surface area contributed by atoms with E-state index in [0.717, 1.165) is 4.90 Å². The average molecular weight is 401 g/mol. The summed E-state index contributed by atoms with van der Waals surface area (Å²) in [7, 11) is 0. The van der Waals surface area contributed by atoms with Crippen LogP contribution >= 0.6 is 0 Å². The van der Waals surface area contributed by atoms with Crippen molar-refractivity contribution in [3.05, 3.63) is 48.0 Å². The molecule has 0 saturated carbocycles. The molecule has 0 aromatic heterocycles. The number of urea groups is 1. The maximum atomic E-state index is 12.7. The fourth-order valence-corrected chi connectivity index (χ4v) is 2.85. The molecular weight excluding hydrogens is 378 g/mol. The molecule has 2 N–H and O–H groups in total. The maximum Gasteiger partial charge on any atom is 0.329 e. The fraction of sp³-hybridized carbons (Fsp3) is 0.350. The van der Waals surface area contributed by atoms with Crippen LogP contribution in [0.4, 0.5) is 4.79 Å². The molecule has 2 rings (SSSR count). The highest BCUT2D eigenvalue weighted by molar-refractivity contribution is 6.22. The second kappa shape index (κ2) is 9.63. The van der Waals surface area contributed by atoms with Crippen LogP contribution in [-0.4, -0.2) is 53.8 Å². The third kappa shape index (κ3) is 5.28.